The van der Waals surface area contributed by atoms with Gasteiger partial charge in [0.25, 0.3) is 0 Å². The highest BCUT2D eigenvalue weighted by Gasteiger charge is 2.33. The Labute approximate surface area is 87.7 Å². The fourth-order valence-electron chi connectivity index (χ4n) is 1.68. The summed E-state index contributed by atoms with van der Waals surface area (Å²) in [6.07, 6.45) is 5.34. The lowest BCUT2D eigenvalue weighted by atomic mass is 9.78. The second-order valence-corrected chi connectivity index (χ2v) is 4.36. The van der Waals surface area contributed by atoms with E-state index in [1.54, 1.807) is 10.9 Å². The Balaban J connectivity index is 1.91. The van der Waals surface area contributed by atoms with Gasteiger partial charge in [-0.05, 0) is 25.7 Å². The first-order valence-corrected chi connectivity index (χ1v) is 5.18. The predicted octanol–water partition coefficient (Wildman–Crippen LogP) is 1.42. The number of anilines is 1. The van der Waals surface area contributed by atoms with E-state index in [9.17, 15) is 5.11 Å². The van der Waals surface area contributed by atoms with Gasteiger partial charge in [0.05, 0.1) is 5.60 Å². The summed E-state index contributed by atoms with van der Waals surface area (Å²) in [5.41, 5.74) is 5.03. The lowest BCUT2D eigenvalue weighted by Gasteiger charge is -2.36. The molecule has 1 aliphatic carbocycles. The van der Waals surface area contributed by atoms with Crippen molar-refractivity contribution in [1.82, 2.24) is 9.78 Å². The van der Waals surface area contributed by atoms with E-state index in [2.05, 4.69) is 5.10 Å². The van der Waals surface area contributed by atoms with Gasteiger partial charge in [0.2, 0.25) is 0 Å². The van der Waals surface area contributed by atoms with Crippen molar-refractivity contribution in [3.05, 3.63) is 11.2 Å². The minimum absolute atomic E-state index is 0.354. The second kappa shape index (κ2) is 3.44. The highest BCUT2D eigenvalue weighted by molar-refractivity contribution is 6.32. The van der Waals surface area contributed by atoms with Gasteiger partial charge in [-0.1, -0.05) is 11.6 Å². The quantitative estimate of drug-likeness (QED) is 0.802. The molecule has 0 bridgehead atoms. The molecule has 0 saturated heterocycles. The highest BCUT2D eigenvalue weighted by atomic mass is 35.5. The van der Waals surface area contributed by atoms with Crippen molar-refractivity contribution in [3.63, 3.8) is 0 Å². The van der Waals surface area contributed by atoms with E-state index in [0.29, 0.717) is 17.4 Å². The van der Waals surface area contributed by atoms with Gasteiger partial charge in [-0.3, -0.25) is 4.68 Å². The van der Waals surface area contributed by atoms with Crippen LogP contribution in [0.15, 0.2) is 6.20 Å². The zero-order chi connectivity index (χ0) is 10.2. The summed E-state index contributed by atoms with van der Waals surface area (Å²) in [5, 5.41) is 14.3. The SMILES string of the molecule is Nc1nn(CCC2(O)CCC2)cc1Cl. The number of rotatable bonds is 3. The molecule has 1 aromatic heterocycles. The molecule has 5 heteroatoms. The molecular weight excluding hydrogens is 202 g/mol. The van der Waals surface area contributed by atoms with Crippen LogP contribution in [0.4, 0.5) is 5.82 Å². The van der Waals surface area contributed by atoms with E-state index >= 15 is 0 Å². The molecule has 0 aromatic carbocycles. The monoisotopic (exact) mass is 215 g/mol. The van der Waals surface area contributed by atoms with E-state index < -0.39 is 5.60 Å². The first-order valence-electron chi connectivity index (χ1n) is 4.80. The molecule has 4 nitrogen and oxygen atoms in total. The Morgan fingerprint density at radius 1 is 1.64 bits per heavy atom. The van der Waals surface area contributed by atoms with E-state index in [-0.39, 0.29) is 0 Å². The molecule has 1 saturated carbocycles. The standard InChI is InChI=1S/C9H14ClN3O/c10-7-6-13(12-8(7)11)5-4-9(14)2-1-3-9/h6,14H,1-5H2,(H2,11,12). The van der Waals surface area contributed by atoms with Crippen LogP contribution >= 0.6 is 11.6 Å². The zero-order valence-corrected chi connectivity index (χ0v) is 8.67. The fourth-order valence-corrected chi connectivity index (χ4v) is 1.83. The number of aliphatic hydroxyl groups is 1. The molecule has 0 radical (unpaired) electrons. The molecule has 1 heterocycles. The van der Waals surface area contributed by atoms with Crippen LogP contribution in [0.2, 0.25) is 5.02 Å². The molecule has 0 unspecified atom stereocenters. The number of halogens is 1. The van der Waals surface area contributed by atoms with E-state index in [4.69, 9.17) is 17.3 Å². The fraction of sp³-hybridized carbons (Fsp3) is 0.667. The van der Waals surface area contributed by atoms with Crippen LogP contribution < -0.4 is 5.73 Å². The number of aryl methyl sites for hydroxylation is 1. The maximum absolute atomic E-state index is 9.84. The Kier molecular flexibility index (Phi) is 2.41. The lowest BCUT2D eigenvalue weighted by molar-refractivity contribution is -0.0438. The average molecular weight is 216 g/mol. The summed E-state index contributed by atoms with van der Waals surface area (Å²) in [7, 11) is 0. The molecule has 14 heavy (non-hydrogen) atoms. The highest BCUT2D eigenvalue weighted by Crippen LogP contribution is 2.34. The molecule has 1 aliphatic rings. The summed E-state index contributed by atoms with van der Waals surface area (Å²) in [5.74, 6) is 0.354. The summed E-state index contributed by atoms with van der Waals surface area (Å²) in [6.45, 7) is 0.674. The minimum Gasteiger partial charge on any atom is -0.390 e. The van der Waals surface area contributed by atoms with Crippen molar-refractivity contribution in [3.8, 4) is 0 Å². The van der Waals surface area contributed by atoms with Gasteiger partial charge in [-0.15, -0.1) is 0 Å². The van der Waals surface area contributed by atoms with Crippen LogP contribution in [0.25, 0.3) is 0 Å². The summed E-state index contributed by atoms with van der Waals surface area (Å²) >= 11 is 5.76. The first-order chi connectivity index (χ1) is 6.59. The first kappa shape index (κ1) is 9.80. The van der Waals surface area contributed by atoms with E-state index in [0.717, 1.165) is 25.7 Å². The number of nitrogen functional groups attached to an aromatic ring is 1. The van der Waals surface area contributed by atoms with Gasteiger partial charge in [-0.25, -0.2) is 0 Å². The molecule has 1 aromatic rings. The van der Waals surface area contributed by atoms with Crippen LogP contribution in [-0.4, -0.2) is 20.5 Å². The Bertz CT molecular complexity index is 313. The van der Waals surface area contributed by atoms with Crippen LogP contribution in [0.1, 0.15) is 25.7 Å². The van der Waals surface area contributed by atoms with Gasteiger partial charge in [0.15, 0.2) is 5.82 Å². The van der Waals surface area contributed by atoms with Gasteiger partial charge in [0, 0.05) is 12.7 Å². The maximum atomic E-state index is 9.84. The third-order valence-electron chi connectivity index (χ3n) is 2.83. The summed E-state index contributed by atoms with van der Waals surface area (Å²) < 4.78 is 1.69. The molecule has 0 amide bonds. The average Bonchev–Trinajstić information content (AvgIpc) is 2.40. The Morgan fingerprint density at radius 2 is 2.36 bits per heavy atom. The van der Waals surface area contributed by atoms with Crippen LogP contribution in [-0.2, 0) is 6.54 Å². The third kappa shape index (κ3) is 1.86. The zero-order valence-electron chi connectivity index (χ0n) is 7.91. The number of hydrogen-bond acceptors (Lipinski definition) is 3. The normalized spacial score (nSPS) is 19.3. The number of nitrogens with zero attached hydrogens (tertiary/aromatic N) is 2. The molecule has 1 fully saturated rings. The van der Waals surface area contributed by atoms with Crippen molar-refractivity contribution in [2.45, 2.75) is 37.8 Å². The molecule has 0 atom stereocenters. The molecular formula is C9H14ClN3O. The lowest BCUT2D eigenvalue weighted by Crippen LogP contribution is -2.37. The second-order valence-electron chi connectivity index (χ2n) is 3.95. The maximum Gasteiger partial charge on any atom is 0.164 e. The Hall–Kier alpha value is -0.740. The smallest absolute Gasteiger partial charge is 0.164 e. The van der Waals surface area contributed by atoms with Crippen molar-refractivity contribution in [1.29, 1.82) is 0 Å². The molecule has 78 valence electrons. The summed E-state index contributed by atoms with van der Waals surface area (Å²) in [4.78, 5) is 0. The van der Waals surface area contributed by atoms with Gasteiger partial charge < -0.3 is 10.8 Å². The van der Waals surface area contributed by atoms with E-state index in [1.165, 1.54) is 0 Å². The van der Waals surface area contributed by atoms with Gasteiger partial charge >= 0.3 is 0 Å². The molecule has 0 aliphatic heterocycles. The molecule has 0 spiro atoms. The summed E-state index contributed by atoms with van der Waals surface area (Å²) in [6, 6.07) is 0. The largest absolute Gasteiger partial charge is 0.390 e. The minimum atomic E-state index is -0.465. The predicted molar refractivity (Wildman–Crippen MR) is 55.1 cm³/mol. The van der Waals surface area contributed by atoms with Crippen molar-refractivity contribution in [2.24, 2.45) is 0 Å². The van der Waals surface area contributed by atoms with Crippen molar-refractivity contribution >= 4 is 17.4 Å². The van der Waals surface area contributed by atoms with Crippen LogP contribution in [0.3, 0.4) is 0 Å². The van der Waals surface area contributed by atoms with Crippen LogP contribution in [0.5, 0.6) is 0 Å². The van der Waals surface area contributed by atoms with Gasteiger partial charge in [-0.2, -0.15) is 5.10 Å². The van der Waals surface area contributed by atoms with Gasteiger partial charge in [0.1, 0.15) is 5.02 Å². The van der Waals surface area contributed by atoms with Crippen molar-refractivity contribution < 1.29 is 5.11 Å². The number of nitrogens with two attached hydrogens (primary N) is 1. The van der Waals surface area contributed by atoms with Crippen LogP contribution in [0, 0.1) is 0 Å². The van der Waals surface area contributed by atoms with Crippen molar-refractivity contribution in [2.75, 3.05) is 5.73 Å². The Morgan fingerprint density at radius 3 is 2.79 bits per heavy atom. The number of aromatic nitrogens is 2. The molecule has 3 N–H and O–H groups in total. The topological polar surface area (TPSA) is 64.1 Å². The molecule has 2 rings (SSSR count). The number of hydrogen-bond donors (Lipinski definition) is 2. The third-order valence-corrected chi connectivity index (χ3v) is 3.12. The van der Waals surface area contributed by atoms with E-state index in [1.807, 2.05) is 0 Å².